The topological polar surface area (TPSA) is 74.3 Å². The maximum absolute atomic E-state index is 5.97. The number of nitrogen functional groups attached to an aromatic ring is 1. The summed E-state index contributed by atoms with van der Waals surface area (Å²) in [6, 6.07) is 3.55. The fraction of sp³-hybridized carbons (Fsp3) is 0.308. The van der Waals surface area contributed by atoms with Crippen molar-refractivity contribution in [2.45, 2.75) is 6.54 Å². The van der Waals surface area contributed by atoms with E-state index in [4.69, 9.17) is 15.2 Å². The van der Waals surface area contributed by atoms with Crippen molar-refractivity contribution < 1.29 is 9.47 Å². The normalized spacial score (nSPS) is 10.3. The van der Waals surface area contributed by atoms with Gasteiger partial charge in [-0.05, 0) is 0 Å². The third-order valence-corrected chi connectivity index (χ3v) is 2.91. The van der Waals surface area contributed by atoms with Crippen LogP contribution in [0.25, 0.3) is 0 Å². The predicted octanol–water partition coefficient (Wildman–Crippen LogP) is 1.63. The first-order valence-electron chi connectivity index (χ1n) is 5.87. The Balaban J connectivity index is 2.18. The molecular weight excluding hydrogens is 244 g/mol. The van der Waals surface area contributed by atoms with Gasteiger partial charge in [-0.15, -0.1) is 0 Å². The van der Waals surface area contributed by atoms with Crippen LogP contribution < -0.4 is 20.5 Å². The minimum Gasteiger partial charge on any atom is -0.493 e. The number of rotatable bonds is 5. The van der Waals surface area contributed by atoms with Gasteiger partial charge in [0.1, 0.15) is 5.82 Å². The van der Waals surface area contributed by atoms with Crippen molar-refractivity contribution >= 4 is 11.4 Å². The average molecular weight is 262 g/mol. The molecule has 0 aliphatic heterocycles. The summed E-state index contributed by atoms with van der Waals surface area (Å²) in [5.41, 5.74) is 7.37. The molecule has 0 aliphatic rings. The largest absolute Gasteiger partial charge is 0.493 e. The molecule has 1 heterocycles. The van der Waals surface area contributed by atoms with E-state index in [0.29, 0.717) is 23.7 Å². The SMILES string of the molecule is COc1cc(N)c(NCc2nccn2C)cc1OC. The van der Waals surface area contributed by atoms with Crippen LogP contribution in [0.1, 0.15) is 5.82 Å². The van der Waals surface area contributed by atoms with E-state index in [0.717, 1.165) is 11.5 Å². The third kappa shape index (κ3) is 2.73. The van der Waals surface area contributed by atoms with Gasteiger partial charge in [0.25, 0.3) is 0 Å². The lowest BCUT2D eigenvalue weighted by molar-refractivity contribution is 0.355. The number of hydrogen-bond acceptors (Lipinski definition) is 5. The molecule has 0 radical (unpaired) electrons. The minimum atomic E-state index is 0.586. The highest BCUT2D eigenvalue weighted by Crippen LogP contribution is 2.34. The zero-order chi connectivity index (χ0) is 13.8. The first kappa shape index (κ1) is 13.1. The van der Waals surface area contributed by atoms with Gasteiger partial charge >= 0.3 is 0 Å². The summed E-state index contributed by atoms with van der Waals surface area (Å²) < 4.78 is 12.4. The molecule has 6 nitrogen and oxygen atoms in total. The lowest BCUT2D eigenvalue weighted by Crippen LogP contribution is -2.07. The number of benzene rings is 1. The van der Waals surface area contributed by atoms with Crippen LogP contribution >= 0.6 is 0 Å². The Morgan fingerprint density at radius 1 is 1.26 bits per heavy atom. The van der Waals surface area contributed by atoms with Crippen molar-refractivity contribution in [2.75, 3.05) is 25.3 Å². The molecule has 2 rings (SSSR count). The van der Waals surface area contributed by atoms with E-state index in [1.807, 2.05) is 23.9 Å². The second kappa shape index (κ2) is 5.51. The number of anilines is 2. The Labute approximate surface area is 112 Å². The number of hydrogen-bond donors (Lipinski definition) is 2. The summed E-state index contributed by atoms with van der Waals surface area (Å²) in [4.78, 5) is 4.24. The summed E-state index contributed by atoms with van der Waals surface area (Å²) in [6.45, 7) is 0.586. The number of imidazole rings is 1. The zero-order valence-electron chi connectivity index (χ0n) is 11.3. The third-order valence-electron chi connectivity index (χ3n) is 2.91. The van der Waals surface area contributed by atoms with Gasteiger partial charge in [-0.2, -0.15) is 0 Å². The minimum absolute atomic E-state index is 0.586. The number of nitrogens with zero attached hydrogens (tertiary/aromatic N) is 2. The van der Waals surface area contributed by atoms with E-state index in [-0.39, 0.29) is 0 Å². The van der Waals surface area contributed by atoms with Gasteiger partial charge < -0.3 is 25.1 Å². The molecule has 0 atom stereocenters. The first-order valence-corrected chi connectivity index (χ1v) is 5.87. The Morgan fingerprint density at radius 2 is 1.95 bits per heavy atom. The second-order valence-electron chi connectivity index (χ2n) is 4.10. The highest BCUT2D eigenvalue weighted by molar-refractivity contribution is 5.71. The lowest BCUT2D eigenvalue weighted by atomic mass is 10.2. The highest BCUT2D eigenvalue weighted by Gasteiger charge is 2.09. The quantitative estimate of drug-likeness (QED) is 0.801. The molecule has 19 heavy (non-hydrogen) atoms. The molecule has 1 aromatic heterocycles. The number of aryl methyl sites for hydroxylation is 1. The number of ether oxygens (including phenoxy) is 2. The number of methoxy groups -OCH3 is 2. The average Bonchev–Trinajstić information content (AvgIpc) is 2.82. The molecule has 0 bridgehead atoms. The first-order chi connectivity index (χ1) is 9.15. The van der Waals surface area contributed by atoms with Crippen LogP contribution in [0.4, 0.5) is 11.4 Å². The van der Waals surface area contributed by atoms with Gasteiger partial charge in [0.05, 0.1) is 32.1 Å². The van der Waals surface area contributed by atoms with Crippen LogP contribution in [0.3, 0.4) is 0 Å². The van der Waals surface area contributed by atoms with E-state index in [2.05, 4.69) is 10.3 Å². The predicted molar refractivity (Wildman–Crippen MR) is 74.5 cm³/mol. The Bertz CT molecular complexity index is 566. The molecule has 6 heteroatoms. The molecule has 0 unspecified atom stereocenters. The monoisotopic (exact) mass is 262 g/mol. The molecule has 0 aliphatic carbocycles. The molecule has 0 saturated heterocycles. The van der Waals surface area contributed by atoms with Gasteiger partial charge in [0.15, 0.2) is 11.5 Å². The van der Waals surface area contributed by atoms with E-state index in [1.54, 1.807) is 26.5 Å². The summed E-state index contributed by atoms with van der Waals surface area (Å²) in [7, 11) is 5.12. The zero-order valence-corrected chi connectivity index (χ0v) is 11.3. The van der Waals surface area contributed by atoms with Crippen molar-refractivity contribution in [3.63, 3.8) is 0 Å². The van der Waals surface area contributed by atoms with Crippen molar-refractivity contribution in [3.05, 3.63) is 30.4 Å². The van der Waals surface area contributed by atoms with Crippen LogP contribution in [0, 0.1) is 0 Å². The van der Waals surface area contributed by atoms with Gasteiger partial charge in [-0.1, -0.05) is 0 Å². The fourth-order valence-electron chi connectivity index (χ4n) is 1.79. The molecule has 1 aromatic carbocycles. The summed E-state index contributed by atoms with van der Waals surface area (Å²) >= 11 is 0. The van der Waals surface area contributed by atoms with Gasteiger partial charge in [-0.3, -0.25) is 0 Å². The summed E-state index contributed by atoms with van der Waals surface area (Å²) in [6.07, 6.45) is 3.66. The summed E-state index contributed by atoms with van der Waals surface area (Å²) in [5.74, 6) is 2.18. The van der Waals surface area contributed by atoms with Gasteiger partial charge in [-0.25, -0.2) is 4.98 Å². The number of nitrogens with two attached hydrogens (primary N) is 1. The van der Waals surface area contributed by atoms with Crippen molar-refractivity contribution in [1.82, 2.24) is 9.55 Å². The van der Waals surface area contributed by atoms with E-state index < -0.39 is 0 Å². The van der Waals surface area contributed by atoms with Crippen LogP contribution in [0.15, 0.2) is 24.5 Å². The molecule has 0 spiro atoms. The molecule has 0 saturated carbocycles. The van der Waals surface area contributed by atoms with E-state index >= 15 is 0 Å². The van der Waals surface area contributed by atoms with Crippen LogP contribution in [0.2, 0.25) is 0 Å². The van der Waals surface area contributed by atoms with E-state index in [1.165, 1.54) is 0 Å². The highest BCUT2D eigenvalue weighted by atomic mass is 16.5. The molecule has 0 fully saturated rings. The molecule has 102 valence electrons. The van der Waals surface area contributed by atoms with Gasteiger partial charge in [0, 0.05) is 31.6 Å². The molecular formula is C13H18N4O2. The van der Waals surface area contributed by atoms with E-state index in [9.17, 15) is 0 Å². The van der Waals surface area contributed by atoms with Crippen LogP contribution in [-0.2, 0) is 13.6 Å². The molecule has 0 amide bonds. The van der Waals surface area contributed by atoms with Crippen LogP contribution in [0.5, 0.6) is 11.5 Å². The van der Waals surface area contributed by atoms with Crippen molar-refractivity contribution in [2.24, 2.45) is 7.05 Å². The molecule has 3 N–H and O–H groups in total. The summed E-state index contributed by atoms with van der Waals surface area (Å²) in [5, 5.41) is 3.24. The Kier molecular flexibility index (Phi) is 3.79. The smallest absolute Gasteiger partial charge is 0.162 e. The number of aromatic nitrogens is 2. The fourth-order valence-corrected chi connectivity index (χ4v) is 1.79. The lowest BCUT2D eigenvalue weighted by Gasteiger charge is -2.14. The standard InChI is InChI=1S/C13H18N4O2/c1-17-5-4-15-13(17)8-16-10-7-12(19-3)11(18-2)6-9(10)14/h4-7,16H,8,14H2,1-3H3. The van der Waals surface area contributed by atoms with Gasteiger partial charge in [0.2, 0.25) is 0 Å². The van der Waals surface area contributed by atoms with Crippen molar-refractivity contribution in [3.8, 4) is 11.5 Å². The molecule has 2 aromatic rings. The Morgan fingerprint density at radius 3 is 2.53 bits per heavy atom. The van der Waals surface area contributed by atoms with Crippen LogP contribution in [-0.4, -0.2) is 23.8 Å². The van der Waals surface area contributed by atoms with Crippen molar-refractivity contribution in [1.29, 1.82) is 0 Å². The maximum atomic E-state index is 5.97. The second-order valence-corrected chi connectivity index (χ2v) is 4.10. The maximum Gasteiger partial charge on any atom is 0.162 e. The number of nitrogens with one attached hydrogen (secondary N) is 1. The Hall–Kier alpha value is -2.37.